The molecule has 0 fully saturated rings. The number of nitrogens with one attached hydrogen (secondary N) is 2. The fourth-order valence-electron chi connectivity index (χ4n) is 2.99. The molecule has 0 aliphatic rings. The van der Waals surface area contributed by atoms with Gasteiger partial charge in [0.05, 0.1) is 16.8 Å². The number of hydrogen-bond acceptors (Lipinski definition) is 5. The first-order valence-corrected chi connectivity index (χ1v) is 10.00. The van der Waals surface area contributed by atoms with Gasteiger partial charge in [0.2, 0.25) is 11.9 Å². The van der Waals surface area contributed by atoms with Gasteiger partial charge < -0.3 is 9.55 Å². The predicted octanol–water partition coefficient (Wildman–Crippen LogP) is 3.88. The van der Waals surface area contributed by atoms with Gasteiger partial charge in [-0.1, -0.05) is 47.7 Å². The number of carbonyl (C=O) groups excluding carboxylic acids is 1. The molecule has 2 aromatic heterocycles. The lowest BCUT2D eigenvalue weighted by molar-refractivity contribution is -0.113. The van der Waals surface area contributed by atoms with E-state index < -0.39 is 0 Å². The Labute approximate surface area is 166 Å². The van der Waals surface area contributed by atoms with Crippen LogP contribution >= 0.6 is 11.8 Å². The zero-order valence-electron chi connectivity index (χ0n) is 15.6. The highest BCUT2D eigenvalue weighted by atomic mass is 32.2. The summed E-state index contributed by atoms with van der Waals surface area (Å²) in [7, 11) is 0. The number of thioether (sulfide) groups is 1. The molecule has 0 saturated heterocycles. The standard InChI is InChI=1S/C20H20N6OS/c1-3-26-18(14-8-6-7-13(2)11-14)24-25-20(26)28-12-17(27)23-19-21-15-9-4-5-10-16(15)22-19/h4-11H,3,12H2,1-2H3,(H2,21,22,23,27). The van der Waals surface area contributed by atoms with Gasteiger partial charge >= 0.3 is 0 Å². The Bertz CT molecular complexity index is 1100. The number of aryl methyl sites for hydroxylation is 1. The normalized spacial score (nSPS) is 11.1. The molecule has 1 amide bonds. The molecule has 2 heterocycles. The van der Waals surface area contributed by atoms with Crippen LogP contribution in [-0.2, 0) is 11.3 Å². The van der Waals surface area contributed by atoms with Crippen molar-refractivity contribution in [2.75, 3.05) is 11.1 Å². The number of H-pyrrole nitrogens is 1. The molecule has 0 radical (unpaired) electrons. The molecule has 2 aromatic carbocycles. The SMILES string of the molecule is CCn1c(SCC(=O)Nc2nc3ccccc3[nH]2)nnc1-c1cccc(C)c1. The molecular formula is C20H20N6OS. The minimum absolute atomic E-state index is 0.146. The topological polar surface area (TPSA) is 88.5 Å². The van der Waals surface area contributed by atoms with E-state index in [0.717, 1.165) is 34.1 Å². The Morgan fingerprint density at radius 1 is 1.18 bits per heavy atom. The second-order valence-electron chi connectivity index (χ2n) is 6.36. The number of rotatable bonds is 6. The highest BCUT2D eigenvalue weighted by Crippen LogP contribution is 2.24. The molecule has 0 aliphatic carbocycles. The summed E-state index contributed by atoms with van der Waals surface area (Å²) in [6, 6.07) is 15.8. The van der Waals surface area contributed by atoms with E-state index in [-0.39, 0.29) is 11.7 Å². The van der Waals surface area contributed by atoms with Crippen molar-refractivity contribution in [2.24, 2.45) is 0 Å². The number of aromatic amines is 1. The lowest BCUT2D eigenvalue weighted by Crippen LogP contribution is -2.15. The van der Waals surface area contributed by atoms with Crippen molar-refractivity contribution in [1.29, 1.82) is 0 Å². The number of amides is 1. The van der Waals surface area contributed by atoms with Crippen molar-refractivity contribution in [3.63, 3.8) is 0 Å². The number of nitrogens with zero attached hydrogens (tertiary/aromatic N) is 4. The Morgan fingerprint density at radius 3 is 2.82 bits per heavy atom. The maximum absolute atomic E-state index is 12.3. The smallest absolute Gasteiger partial charge is 0.237 e. The first-order valence-electron chi connectivity index (χ1n) is 9.01. The molecule has 4 rings (SSSR count). The molecule has 0 unspecified atom stereocenters. The maximum atomic E-state index is 12.3. The average Bonchev–Trinajstić information content (AvgIpc) is 3.29. The van der Waals surface area contributed by atoms with Crippen molar-refractivity contribution in [3.05, 3.63) is 54.1 Å². The molecule has 0 atom stereocenters. The average molecular weight is 392 g/mol. The highest BCUT2D eigenvalue weighted by Gasteiger charge is 2.15. The van der Waals surface area contributed by atoms with Crippen molar-refractivity contribution in [3.8, 4) is 11.4 Å². The summed E-state index contributed by atoms with van der Waals surface area (Å²) in [4.78, 5) is 19.8. The summed E-state index contributed by atoms with van der Waals surface area (Å²) in [5.41, 5.74) is 3.90. The van der Waals surface area contributed by atoms with Crippen LogP contribution in [0.3, 0.4) is 0 Å². The van der Waals surface area contributed by atoms with E-state index in [1.165, 1.54) is 17.3 Å². The van der Waals surface area contributed by atoms with Gasteiger partial charge in [0.1, 0.15) is 0 Å². The molecule has 8 heteroatoms. The first kappa shape index (κ1) is 18.2. The van der Waals surface area contributed by atoms with Crippen molar-refractivity contribution in [1.82, 2.24) is 24.7 Å². The number of anilines is 1. The van der Waals surface area contributed by atoms with E-state index in [9.17, 15) is 4.79 Å². The third kappa shape index (κ3) is 3.77. The van der Waals surface area contributed by atoms with Gasteiger partial charge in [-0.15, -0.1) is 10.2 Å². The Hall–Kier alpha value is -3.13. The molecule has 7 nitrogen and oxygen atoms in total. The molecule has 142 valence electrons. The monoisotopic (exact) mass is 392 g/mol. The van der Waals surface area contributed by atoms with Crippen molar-refractivity contribution in [2.45, 2.75) is 25.5 Å². The van der Waals surface area contributed by atoms with Crippen LogP contribution in [0.5, 0.6) is 0 Å². The summed E-state index contributed by atoms with van der Waals surface area (Å²) < 4.78 is 2.02. The summed E-state index contributed by atoms with van der Waals surface area (Å²) in [5, 5.41) is 12.1. The Balaban J connectivity index is 1.45. The van der Waals surface area contributed by atoms with Gasteiger partial charge in [0, 0.05) is 12.1 Å². The lowest BCUT2D eigenvalue weighted by atomic mass is 10.1. The quantitative estimate of drug-likeness (QED) is 0.486. The van der Waals surface area contributed by atoms with Crippen LogP contribution in [0.25, 0.3) is 22.4 Å². The number of para-hydroxylation sites is 2. The van der Waals surface area contributed by atoms with Crippen molar-refractivity contribution >= 4 is 34.7 Å². The molecule has 4 aromatic rings. The second kappa shape index (κ2) is 7.85. The van der Waals surface area contributed by atoms with E-state index in [1.54, 1.807) is 0 Å². The summed E-state index contributed by atoms with van der Waals surface area (Å²) in [6.45, 7) is 4.82. The molecule has 2 N–H and O–H groups in total. The predicted molar refractivity (Wildman–Crippen MR) is 111 cm³/mol. The van der Waals surface area contributed by atoms with Gasteiger partial charge in [-0.25, -0.2) is 4.98 Å². The van der Waals surface area contributed by atoms with Crippen LogP contribution in [0.2, 0.25) is 0 Å². The zero-order chi connectivity index (χ0) is 19.5. The number of imidazole rings is 1. The summed E-state index contributed by atoms with van der Waals surface area (Å²) in [5.74, 6) is 1.34. The van der Waals surface area contributed by atoms with Crippen molar-refractivity contribution < 1.29 is 4.79 Å². The fraction of sp³-hybridized carbons (Fsp3) is 0.200. The van der Waals surface area contributed by atoms with Gasteiger partial charge in [-0.05, 0) is 32.0 Å². The maximum Gasteiger partial charge on any atom is 0.237 e. The number of hydrogen-bond donors (Lipinski definition) is 2. The molecule has 0 saturated carbocycles. The summed E-state index contributed by atoms with van der Waals surface area (Å²) in [6.07, 6.45) is 0. The zero-order valence-corrected chi connectivity index (χ0v) is 16.5. The fourth-order valence-corrected chi connectivity index (χ4v) is 3.79. The highest BCUT2D eigenvalue weighted by molar-refractivity contribution is 7.99. The van der Waals surface area contributed by atoms with Gasteiger partial charge in [0.25, 0.3) is 0 Å². The second-order valence-corrected chi connectivity index (χ2v) is 7.30. The molecule has 28 heavy (non-hydrogen) atoms. The van der Waals surface area contributed by atoms with Crippen LogP contribution in [0.1, 0.15) is 12.5 Å². The number of fused-ring (bicyclic) bond motifs is 1. The molecular weight excluding hydrogens is 372 g/mol. The third-order valence-electron chi connectivity index (χ3n) is 4.29. The minimum atomic E-state index is -0.146. The number of aromatic nitrogens is 5. The van der Waals surface area contributed by atoms with E-state index in [1.807, 2.05) is 60.9 Å². The van der Waals surface area contributed by atoms with Crippen LogP contribution < -0.4 is 5.32 Å². The van der Waals surface area contributed by atoms with Gasteiger partial charge in [-0.3, -0.25) is 10.1 Å². The van der Waals surface area contributed by atoms with Crippen LogP contribution in [0.4, 0.5) is 5.95 Å². The summed E-state index contributed by atoms with van der Waals surface area (Å²) >= 11 is 1.36. The van der Waals surface area contributed by atoms with E-state index in [0.29, 0.717) is 5.95 Å². The molecule has 0 aliphatic heterocycles. The minimum Gasteiger partial charge on any atom is -0.324 e. The van der Waals surface area contributed by atoms with Gasteiger partial charge in [0.15, 0.2) is 11.0 Å². The van der Waals surface area contributed by atoms with E-state index >= 15 is 0 Å². The van der Waals surface area contributed by atoms with Crippen LogP contribution in [-0.4, -0.2) is 36.4 Å². The third-order valence-corrected chi connectivity index (χ3v) is 5.26. The van der Waals surface area contributed by atoms with Gasteiger partial charge in [-0.2, -0.15) is 0 Å². The number of benzene rings is 2. The largest absolute Gasteiger partial charge is 0.324 e. The van der Waals surface area contributed by atoms with Crippen LogP contribution in [0.15, 0.2) is 53.7 Å². The Morgan fingerprint density at radius 2 is 2.04 bits per heavy atom. The molecule has 0 spiro atoms. The Kier molecular flexibility index (Phi) is 5.12. The van der Waals surface area contributed by atoms with E-state index in [4.69, 9.17) is 0 Å². The van der Waals surface area contributed by atoms with Crippen LogP contribution in [0, 0.1) is 6.92 Å². The molecule has 0 bridgehead atoms. The number of carbonyl (C=O) groups is 1. The first-order chi connectivity index (χ1) is 13.6. The lowest BCUT2D eigenvalue weighted by Gasteiger charge is -2.07. The van der Waals surface area contributed by atoms with E-state index in [2.05, 4.69) is 31.5 Å².